The molecular formula is C15H17FN4O3S2. The van der Waals surface area contributed by atoms with Crippen molar-refractivity contribution in [2.75, 3.05) is 25.2 Å². The van der Waals surface area contributed by atoms with Crippen LogP contribution < -0.4 is 5.32 Å². The van der Waals surface area contributed by atoms with Gasteiger partial charge in [-0.3, -0.25) is 4.79 Å². The van der Waals surface area contributed by atoms with Gasteiger partial charge in [-0.15, -0.1) is 0 Å². The van der Waals surface area contributed by atoms with E-state index in [1.54, 1.807) is 28.6 Å². The maximum Gasteiger partial charge on any atom is 0.240 e. The average molecular weight is 384 g/mol. The van der Waals surface area contributed by atoms with Crippen molar-refractivity contribution in [1.29, 1.82) is 0 Å². The van der Waals surface area contributed by atoms with Crippen LogP contribution in [0.2, 0.25) is 0 Å². The van der Waals surface area contributed by atoms with Gasteiger partial charge in [-0.2, -0.15) is 21.2 Å². The van der Waals surface area contributed by atoms with Crippen LogP contribution in [0.15, 0.2) is 24.3 Å². The summed E-state index contributed by atoms with van der Waals surface area (Å²) in [5.74, 6) is 1.11. The van der Waals surface area contributed by atoms with Gasteiger partial charge in [-0.25, -0.2) is 17.5 Å². The molecular weight excluding hydrogens is 367 g/mol. The van der Waals surface area contributed by atoms with Crippen molar-refractivity contribution < 1.29 is 17.6 Å². The molecule has 0 atom stereocenters. The van der Waals surface area contributed by atoms with Crippen molar-refractivity contribution in [3.63, 3.8) is 0 Å². The maximum atomic E-state index is 13.2. The van der Waals surface area contributed by atoms with Gasteiger partial charge in [0.15, 0.2) is 0 Å². The third kappa shape index (κ3) is 3.86. The number of carbonyl (C=O) groups excluding carboxylic acids is 1. The molecule has 0 saturated heterocycles. The predicted octanol–water partition coefficient (Wildman–Crippen LogP) is 1.59. The quantitative estimate of drug-likeness (QED) is 0.846. The zero-order valence-corrected chi connectivity index (χ0v) is 15.3. The first-order valence-electron chi connectivity index (χ1n) is 7.41. The molecule has 10 heteroatoms. The number of benzene rings is 1. The predicted molar refractivity (Wildman–Crippen MR) is 94.6 cm³/mol. The first-order valence-corrected chi connectivity index (χ1v) is 10.4. The van der Waals surface area contributed by atoms with E-state index in [4.69, 9.17) is 0 Å². The van der Waals surface area contributed by atoms with E-state index in [1.165, 1.54) is 19.2 Å². The zero-order chi connectivity index (χ0) is 18.2. The molecule has 2 aromatic rings. The molecule has 1 aromatic carbocycles. The normalized spacial score (nSPS) is 13.9. The Kier molecular flexibility index (Phi) is 4.85. The number of sulfonamides is 1. The zero-order valence-electron chi connectivity index (χ0n) is 13.7. The van der Waals surface area contributed by atoms with Crippen molar-refractivity contribution in [2.45, 2.75) is 11.5 Å². The van der Waals surface area contributed by atoms with Crippen molar-refractivity contribution in [3.8, 4) is 5.69 Å². The fourth-order valence-corrected chi connectivity index (χ4v) is 3.79. The summed E-state index contributed by atoms with van der Waals surface area (Å²) in [7, 11) is -2.11. The molecule has 2 heterocycles. The van der Waals surface area contributed by atoms with E-state index in [2.05, 4.69) is 10.4 Å². The Hall–Kier alpha value is -1.91. The number of thioether (sulfide) groups is 1. The topological polar surface area (TPSA) is 84.3 Å². The SMILES string of the molecule is CN(CC(=O)Nc1c2c(nn1-c1ccc(F)cc1)CSC2)S(C)(=O)=O. The minimum Gasteiger partial charge on any atom is -0.309 e. The first-order chi connectivity index (χ1) is 11.8. The van der Waals surface area contributed by atoms with E-state index in [0.717, 1.165) is 27.6 Å². The van der Waals surface area contributed by atoms with Gasteiger partial charge in [0, 0.05) is 24.1 Å². The van der Waals surface area contributed by atoms with Crippen molar-refractivity contribution in [2.24, 2.45) is 0 Å². The first kappa shape index (κ1) is 17.9. The summed E-state index contributed by atoms with van der Waals surface area (Å²) < 4.78 is 38.6. The molecule has 1 N–H and O–H groups in total. The molecule has 0 fully saturated rings. The van der Waals surface area contributed by atoms with Crippen LogP contribution in [-0.2, 0) is 26.3 Å². The third-order valence-electron chi connectivity index (χ3n) is 3.81. The number of amides is 1. The van der Waals surface area contributed by atoms with E-state index >= 15 is 0 Å². The average Bonchev–Trinajstić information content (AvgIpc) is 3.10. The Balaban J connectivity index is 1.90. The Bertz CT molecular complexity index is 910. The number of nitrogens with one attached hydrogen (secondary N) is 1. The summed E-state index contributed by atoms with van der Waals surface area (Å²) in [6, 6.07) is 5.78. The number of nitrogens with zero attached hydrogens (tertiary/aromatic N) is 3. The van der Waals surface area contributed by atoms with E-state index in [0.29, 0.717) is 17.3 Å². The monoisotopic (exact) mass is 384 g/mol. The molecule has 0 aliphatic carbocycles. The van der Waals surface area contributed by atoms with Crippen LogP contribution in [0.3, 0.4) is 0 Å². The number of hydrogen-bond donors (Lipinski definition) is 1. The lowest BCUT2D eigenvalue weighted by Gasteiger charge is -2.15. The number of carbonyl (C=O) groups is 1. The molecule has 0 bridgehead atoms. The molecule has 7 nitrogen and oxygen atoms in total. The van der Waals surface area contributed by atoms with Crippen LogP contribution in [-0.4, -0.2) is 48.3 Å². The lowest BCUT2D eigenvalue weighted by molar-refractivity contribution is -0.116. The molecule has 1 aliphatic heterocycles. The van der Waals surface area contributed by atoms with Gasteiger partial charge in [-0.05, 0) is 24.3 Å². The molecule has 1 aliphatic rings. The highest BCUT2D eigenvalue weighted by Gasteiger charge is 2.25. The standard InChI is InChI=1S/C15H17FN4O3S2/c1-19(25(2,22)23)7-14(21)17-15-12-8-24-9-13(12)18-20(15)11-5-3-10(16)4-6-11/h3-6H,7-9H2,1-2H3,(H,17,21). The minimum absolute atomic E-state index is 0.296. The van der Waals surface area contributed by atoms with E-state index in [1.807, 2.05) is 0 Å². The van der Waals surface area contributed by atoms with Crippen LogP contribution in [0.4, 0.5) is 10.2 Å². The highest BCUT2D eigenvalue weighted by Crippen LogP contribution is 2.36. The van der Waals surface area contributed by atoms with Gasteiger partial charge >= 0.3 is 0 Å². The van der Waals surface area contributed by atoms with Gasteiger partial charge in [0.05, 0.1) is 24.2 Å². The van der Waals surface area contributed by atoms with Crippen LogP contribution in [0.25, 0.3) is 5.69 Å². The van der Waals surface area contributed by atoms with Crippen LogP contribution in [0, 0.1) is 5.82 Å². The molecule has 0 spiro atoms. The number of fused-ring (bicyclic) bond motifs is 1. The Morgan fingerprint density at radius 1 is 1.36 bits per heavy atom. The number of aromatic nitrogens is 2. The van der Waals surface area contributed by atoms with E-state index in [9.17, 15) is 17.6 Å². The lowest BCUT2D eigenvalue weighted by atomic mass is 10.2. The highest BCUT2D eigenvalue weighted by molar-refractivity contribution is 7.98. The molecule has 1 aromatic heterocycles. The van der Waals surface area contributed by atoms with E-state index in [-0.39, 0.29) is 12.4 Å². The summed E-state index contributed by atoms with van der Waals surface area (Å²) in [5, 5.41) is 7.25. The lowest BCUT2D eigenvalue weighted by Crippen LogP contribution is -2.34. The highest BCUT2D eigenvalue weighted by atomic mass is 32.2. The Morgan fingerprint density at radius 2 is 2.04 bits per heavy atom. The van der Waals surface area contributed by atoms with Crippen molar-refractivity contribution in [3.05, 3.63) is 41.3 Å². The number of hydrogen-bond acceptors (Lipinski definition) is 5. The Morgan fingerprint density at radius 3 is 2.68 bits per heavy atom. The van der Waals surface area contributed by atoms with E-state index < -0.39 is 15.9 Å². The number of halogens is 1. The minimum atomic E-state index is -3.45. The second-order valence-corrected chi connectivity index (χ2v) is 8.80. The fraction of sp³-hybridized carbons (Fsp3) is 0.333. The van der Waals surface area contributed by atoms with Gasteiger partial charge in [0.1, 0.15) is 11.6 Å². The molecule has 25 heavy (non-hydrogen) atoms. The molecule has 134 valence electrons. The van der Waals surface area contributed by atoms with Crippen molar-refractivity contribution >= 4 is 33.5 Å². The van der Waals surface area contributed by atoms with Crippen molar-refractivity contribution in [1.82, 2.24) is 14.1 Å². The Labute approximate surface area is 149 Å². The number of anilines is 1. The number of likely N-dealkylation sites (N-methyl/N-ethyl adjacent to an activating group) is 1. The molecule has 0 radical (unpaired) electrons. The summed E-state index contributed by atoms with van der Waals surface area (Å²) in [4.78, 5) is 12.3. The molecule has 0 saturated carbocycles. The maximum absolute atomic E-state index is 13.2. The fourth-order valence-electron chi connectivity index (χ4n) is 2.40. The van der Waals surface area contributed by atoms with Gasteiger partial charge in [-0.1, -0.05) is 0 Å². The van der Waals surface area contributed by atoms with Gasteiger partial charge in [0.2, 0.25) is 15.9 Å². The second-order valence-electron chi connectivity index (χ2n) is 5.72. The summed E-state index contributed by atoms with van der Waals surface area (Å²) in [5.41, 5.74) is 2.39. The van der Waals surface area contributed by atoms with Gasteiger partial charge in [0.25, 0.3) is 0 Å². The second kappa shape index (κ2) is 6.77. The third-order valence-corrected chi connectivity index (χ3v) is 6.05. The van der Waals surface area contributed by atoms with Crippen LogP contribution in [0.5, 0.6) is 0 Å². The van der Waals surface area contributed by atoms with Crippen LogP contribution in [0.1, 0.15) is 11.3 Å². The molecule has 3 rings (SSSR count). The number of rotatable bonds is 5. The smallest absolute Gasteiger partial charge is 0.240 e. The largest absolute Gasteiger partial charge is 0.309 e. The molecule has 1 amide bonds. The summed E-state index contributed by atoms with van der Waals surface area (Å²) in [6.07, 6.45) is 1.04. The van der Waals surface area contributed by atoms with Gasteiger partial charge < -0.3 is 5.32 Å². The summed E-state index contributed by atoms with van der Waals surface area (Å²) in [6.45, 7) is -0.296. The van der Waals surface area contributed by atoms with Crippen LogP contribution >= 0.6 is 11.8 Å². The molecule has 0 unspecified atom stereocenters. The summed E-state index contributed by atoms with van der Waals surface area (Å²) >= 11 is 1.68.